The van der Waals surface area contributed by atoms with Crippen LogP contribution in [0.1, 0.15) is 5.56 Å². The topological polar surface area (TPSA) is 0 Å². The lowest BCUT2D eigenvalue weighted by Gasteiger charge is -1.96. The first-order chi connectivity index (χ1) is 5.34. The second-order valence-corrected chi connectivity index (χ2v) is 2.99. The lowest BCUT2D eigenvalue weighted by molar-refractivity contribution is 1.32. The highest BCUT2D eigenvalue weighted by Crippen LogP contribution is 2.14. The van der Waals surface area contributed by atoms with Crippen LogP contribution in [-0.2, 0) is 6.42 Å². The van der Waals surface area contributed by atoms with Gasteiger partial charge in [-0.15, -0.1) is 0 Å². The van der Waals surface area contributed by atoms with E-state index in [1.165, 1.54) is 0 Å². The highest BCUT2D eigenvalue weighted by Gasteiger charge is 1.94. The van der Waals surface area contributed by atoms with Crippen LogP contribution in [0.2, 0.25) is 5.02 Å². The van der Waals surface area contributed by atoms with Crippen LogP contribution in [0.25, 0.3) is 0 Å². The molecule has 1 rings (SSSR count). The predicted octanol–water partition coefficient (Wildman–Crippen LogP) is 3.28. The molecule has 11 heavy (non-hydrogen) atoms. The molecule has 0 N–H and O–H groups in total. The molecule has 2 heteroatoms. The van der Waals surface area contributed by atoms with Crippen molar-refractivity contribution in [3.8, 4) is 9.85 Å². The van der Waals surface area contributed by atoms with Crippen molar-refractivity contribution in [3.63, 3.8) is 0 Å². The number of rotatable bonds is 1. The lowest BCUT2D eigenvalue weighted by Crippen LogP contribution is -1.80. The maximum Gasteiger partial charge on any atom is 0.0447 e. The largest absolute Gasteiger partial charge is 0.0870 e. The minimum absolute atomic E-state index is 0.739. The van der Waals surface area contributed by atoms with Crippen molar-refractivity contribution in [3.05, 3.63) is 34.9 Å². The van der Waals surface area contributed by atoms with E-state index in [-0.39, 0.29) is 0 Å². The lowest BCUT2D eigenvalue weighted by atomic mass is 10.2. The van der Waals surface area contributed by atoms with E-state index in [4.69, 9.17) is 11.6 Å². The van der Waals surface area contributed by atoms with Crippen LogP contribution < -0.4 is 0 Å². The van der Waals surface area contributed by atoms with E-state index < -0.39 is 0 Å². The zero-order valence-corrected chi connectivity index (χ0v) is 8.69. The average Bonchev–Trinajstić information content (AvgIpc) is 2.03. The Morgan fingerprint density at radius 1 is 1.36 bits per heavy atom. The molecule has 0 saturated carbocycles. The summed E-state index contributed by atoms with van der Waals surface area (Å²) in [5.41, 5.74) is 1.10. The zero-order chi connectivity index (χ0) is 8.10. The molecule has 0 radical (unpaired) electrons. The molecule has 0 bridgehead atoms. The number of hydrogen-bond donors (Lipinski definition) is 0. The van der Waals surface area contributed by atoms with Gasteiger partial charge in [-0.3, -0.25) is 0 Å². The van der Waals surface area contributed by atoms with Crippen molar-refractivity contribution in [2.75, 3.05) is 0 Å². The third-order valence-corrected chi connectivity index (χ3v) is 2.05. The van der Waals surface area contributed by atoms with Crippen LogP contribution in [0.4, 0.5) is 0 Å². The second kappa shape index (κ2) is 4.63. The fraction of sp³-hybridized carbons (Fsp3) is 0.111. The summed E-state index contributed by atoms with van der Waals surface area (Å²) in [6.07, 6.45) is 0.739. The third kappa shape index (κ3) is 2.72. The minimum Gasteiger partial charge on any atom is -0.0870 e. The van der Waals surface area contributed by atoms with E-state index >= 15 is 0 Å². The Kier molecular flexibility index (Phi) is 3.74. The molecule has 0 aliphatic rings. The minimum atomic E-state index is 0.739. The van der Waals surface area contributed by atoms with Gasteiger partial charge in [-0.2, -0.15) is 0 Å². The monoisotopic (exact) mass is 276 g/mol. The van der Waals surface area contributed by atoms with Crippen LogP contribution in [0.15, 0.2) is 24.3 Å². The van der Waals surface area contributed by atoms with E-state index in [0.717, 1.165) is 17.0 Å². The summed E-state index contributed by atoms with van der Waals surface area (Å²) < 4.78 is 2.80. The highest BCUT2D eigenvalue weighted by atomic mass is 127. The zero-order valence-electron chi connectivity index (χ0n) is 5.77. The van der Waals surface area contributed by atoms with E-state index in [1.807, 2.05) is 46.9 Å². The molecular weight excluding hydrogens is 270 g/mol. The molecule has 0 aliphatic carbocycles. The first kappa shape index (κ1) is 8.89. The van der Waals surface area contributed by atoms with Gasteiger partial charge in [0, 0.05) is 34.0 Å². The van der Waals surface area contributed by atoms with Crippen molar-refractivity contribution in [2.45, 2.75) is 6.42 Å². The van der Waals surface area contributed by atoms with Gasteiger partial charge in [0.2, 0.25) is 0 Å². The molecule has 1 aromatic carbocycles. The third-order valence-electron chi connectivity index (χ3n) is 1.30. The fourth-order valence-corrected chi connectivity index (χ4v) is 1.16. The summed E-state index contributed by atoms with van der Waals surface area (Å²) in [6.45, 7) is 0. The van der Waals surface area contributed by atoms with E-state index in [0.29, 0.717) is 0 Å². The number of hydrogen-bond acceptors (Lipinski definition) is 0. The normalized spacial score (nSPS) is 8.55. The Morgan fingerprint density at radius 3 is 2.73 bits per heavy atom. The van der Waals surface area contributed by atoms with Gasteiger partial charge < -0.3 is 0 Å². The first-order valence-corrected chi connectivity index (χ1v) is 4.62. The van der Waals surface area contributed by atoms with Crippen LogP contribution in [0, 0.1) is 9.85 Å². The molecule has 0 amide bonds. The second-order valence-electron chi connectivity index (χ2n) is 2.04. The molecule has 56 valence electrons. The number of benzene rings is 1. The van der Waals surface area contributed by atoms with Crippen LogP contribution >= 0.6 is 34.2 Å². The highest BCUT2D eigenvalue weighted by molar-refractivity contribution is 14.1. The molecule has 0 aromatic heterocycles. The Hall–Kier alpha value is -0.200. The summed E-state index contributed by atoms with van der Waals surface area (Å²) in [4.78, 5) is 0. The van der Waals surface area contributed by atoms with Gasteiger partial charge in [0.15, 0.2) is 0 Å². The Balaban J connectivity index is 2.83. The maximum atomic E-state index is 5.89. The predicted molar refractivity (Wildman–Crippen MR) is 57.0 cm³/mol. The molecule has 0 unspecified atom stereocenters. The molecular formula is C9H6ClI. The Bertz CT molecular complexity index is 296. The number of halogens is 2. The Morgan fingerprint density at radius 2 is 2.09 bits per heavy atom. The fourth-order valence-electron chi connectivity index (χ4n) is 0.770. The Labute approximate surface area is 85.1 Å². The first-order valence-electron chi connectivity index (χ1n) is 3.16. The van der Waals surface area contributed by atoms with Crippen LogP contribution in [-0.4, -0.2) is 0 Å². The van der Waals surface area contributed by atoms with Crippen LogP contribution in [0.3, 0.4) is 0 Å². The van der Waals surface area contributed by atoms with Crippen molar-refractivity contribution in [2.24, 2.45) is 0 Å². The van der Waals surface area contributed by atoms with E-state index in [1.54, 1.807) is 0 Å². The SMILES string of the molecule is Clc1ccccc1CC#CI. The van der Waals surface area contributed by atoms with Gasteiger partial charge in [0.25, 0.3) is 0 Å². The van der Waals surface area contributed by atoms with Gasteiger partial charge in [-0.05, 0) is 15.6 Å². The smallest absolute Gasteiger partial charge is 0.0447 e. The molecule has 0 atom stereocenters. The maximum absolute atomic E-state index is 5.89. The van der Waals surface area contributed by atoms with Crippen molar-refractivity contribution < 1.29 is 0 Å². The van der Waals surface area contributed by atoms with E-state index in [2.05, 4.69) is 9.85 Å². The standard InChI is InChI=1S/C9H6ClI/c10-9-6-2-1-4-8(9)5-3-7-11/h1-2,4,6H,5H2. The van der Waals surface area contributed by atoms with Gasteiger partial charge in [-0.1, -0.05) is 35.7 Å². The van der Waals surface area contributed by atoms with Gasteiger partial charge in [-0.25, -0.2) is 0 Å². The molecule has 0 nitrogen and oxygen atoms in total. The quantitative estimate of drug-likeness (QED) is 0.545. The summed E-state index contributed by atoms with van der Waals surface area (Å²) in [5, 5.41) is 0.798. The summed E-state index contributed by atoms with van der Waals surface area (Å²) in [6, 6.07) is 7.76. The molecule has 0 heterocycles. The average molecular weight is 277 g/mol. The van der Waals surface area contributed by atoms with Gasteiger partial charge in [0.1, 0.15) is 0 Å². The van der Waals surface area contributed by atoms with Crippen molar-refractivity contribution in [1.82, 2.24) is 0 Å². The molecule has 0 saturated heterocycles. The molecule has 1 aromatic rings. The summed E-state index contributed by atoms with van der Waals surface area (Å²) in [7, 11) is 0. The molecule has 0 spiro atoms. The van der Waals surface area contributed by atoms with Crippen LogP contribution in [0.5, 0.6) is 0 Å². The molecule has 0 fully saturated rings. The van der Waals surface area contributed by atoms with Crippen molar-refractivity contribution >= 4 is 34.2 Å². The van der Waals surface area contributed by atoms with Crippen molar-refractivity contribution in [1.29, 1.82) is 0 Å². The summed E-state index contributed by atoms with van der Waals surface area (Å²) in [5.74, 6) is 2.96. The molecule has 0 aliphatic heterocycles. The van der Waals surface area contributed by atoms with Gasteiger partial charge in [0.05, 0.1) is 0 Å². The van der Waals surface area contributed by atoms with Gasteiger partial charge >= 0.3 is 0 Å². The van der Waals surface area contributed by atoms with E-state index in [9.17, 15) is 0 Å². The summed E-state index contributed by atoms with van der Waals surface area (Å²) >= 11 is 7.91.